The maximum Gasteiger partial charge on any atom is 0.186 e. The monoisotopic (exact) mass is 334 g/mol. The molecular formula is C17H26N4OS. The Balaban J connectivity index is 1.83. The van der Waals surface area contributed by atoms with Crippen LogP contribution in [0.25, 0.3) is 10.2 Å². The summed E-state index contributed by atoms with van der Waals surface area (Å²) in [6.07, 6.45) is 2.41. The van der Waals surface area contributed by atoms with Gasteiger partial charge in [0.2, 0.25) is 0 Å². The molecule has 1 aliphatic heterocycles. The van der Waals surface area contributed by atoms with Gasteiger partial charge in [0.15, 0.2) is 5.13 Å². The van der Waals surface area contributed by atoms with Crippen molar-refractivity contribution in [2.24, 2.45) is 0 Å². The van der Waals surface area contributed by atoms with Gasteiger partial charge in [-0.15, -0.1) is 0 Å². The Morgan fingerprint density at radius 3 is 2.70 bits per heavy atom. The van der Waals surface area contributed by atoms with Crippen LogP contribution in [-0.2, 0) is 0 Å². The van der Waals surface area contributed by atoms with Crippen LogP contribution in [-0.4, -0.2) is 56.8 Å². The van der Waals surface area contributed by atoms with Gasteiger partial charge in [0.05, 0.1) is 22.5 Å². The molecule has 0 spiro atoms. The number of nitrogens with one attached hydrogen (secondary N) is 1. The maximum absolute atomic E-state index is 5.73. The first-order valence-electron chi connectivity index (χ1n) is 8.29. The number of thiazole rings is 1. The van der Waals surface area contributed by atoms with Gasteiger partial charge >= 0.3 is 0 Å². The largest absolute Gasteiger partial charge is 0.492 e. The van der Waals surface area contributed by atoms with E-state index in [0.29, 0.717) is 12.6 Å². The van der Waals surface area contributed by atoms with Crippen LogP contribution in [0.4, 0.5) is 10.8 Å². The SMILES string of the molecule is CCOc1cc2sc(N3CCC(N(C)C)CC3)nc2cc1NC. The number of nitrogens with zero attached hydrogens (tertiary/aromatic N) is 3. The van der Waals surface area contributed by atoms with Crippen LogP contribution < -0.4 is 15.0 Å². The predicted octanol–water partition coefficient (Wildman–Crippen LogP) is 3.27. The second-order valence-corrected chi connectivity index (χ2v) is 7.19. The van der Waals surface area contributed by atoms with Crippen LogP contribution in [0.15, 0.2) is 12.1 Å². The van der Waals surface area contributed by atoms with Gasteiger partial charge < -0.3 is 19.9 Å². The van der Waals surface area contributed by atoms with Crippen molar-refractivity contribution < 1.29 is 4.74 Å². The van der Waals surface area contributed by atoms with Gasteiger partial charge in [-0.25, -0.2) is 4.98 Å². The second-order valence-electron chi connectivity index (χ2n) is 6.18. The smallest absolute Gasteiger partial charge is 0.186 e. The van der Waals surface area contributed by atoms with Crippen molar-refractivity contribution >= 4 is 32.4 Å². The third kappa shape index (κ3) is 3.38. The Kier molecular flexibility index (Phi) is 4.92. The van der Waals surface area contributed by atoms with E-state index >= 15 is 0 Å². The van der Waals surface area contributed by atoms with Gasteiger partial charge in [0.1, 0.15) is 5.75 Å². The molecule has 1 saturated heterocycles. The molecule has 126 valence electrons. The molecule has 1 aliphatic rings. The van der Waals surface area contributed by atoms with E-state index in [1.807, 2.05) is 14.0 Å². The summed E-state index contributed by atoms with van der Waals surface area (Å²) in [5.74, 6) is 0.906. The quantitative estimate of drug-likeness (QED) is 0.909. The maximum atomic E-state index is 5.73. The summed E-state index contributed by atoms with van der Waals surface area (Å²) in [7, 11) is 6.27. The number of rotatable bonds is 5. The Morgan fingerprint density at radius 2 is 2.09 bits per heavy atom. The van der Waals surface area contributed by atoms with Gasteiger partial charge in [-0.3, -0.25) is 0 Å². The molecule has 2 heterocycles. The average molecular weight is 334 g/mol. The minimum absolute atomic E-state index is 0.671. The molecule has 0 radical (unpaired) electrons. The van der Waals surface area contributed by atoms with Crippen molar-refractivity contribution in [3.63, 3.8) is 0 Å². The highest BCUT2D eigenvalue weighted by Gasteiger charge is 2.23. The number of benzene rings is 1. The fraction of sp³-hybridized carbons (Fsp3) is 0.588. The molecule has 0 amide bonds. The van der Waals surface area contributed by atoms with Crippen molar-refractivity contribution in [3.05, 3.63) is 12.1 Å². The molecule has 1 fully saturated rings. The molecule has 1 aromatic heterocycles. The number of hydrogen-bond donors (Lipinski definition) is 1. The third-order valence-corrected chi connectivity index (χ3v) is 5.59. The fourth-order valence-corrected chi connectivity index (χ4v) is 4.15. The molecule has 2 aromatic rings. The van der Waals surface area contributed by atoms with Crippen LogP contribution in [0.5, 0.6) is 5.75 Å². The summed E-state index contributed by atoms with van der Waals surface area (Å²) in [6, 6.07) is 4.90. The zero-order valence-electron chi connectivity index (χ0n) is 14.4. The number of fused-ring (bicyclic) bond motifs is 1. The number of ether oxygens (including phenoxy) is 1. The fourth-order valence-electron chi connectivity index (χ4n) is 3.12. The minimum atomic E-state index is 0.671. The lowest BCUT2D eigenvalue weighted by atomic mass is 10.0. The van der Waals surface area contributed by atoms with Crippen molar-refractivity contribution in [1.82, 2.24) is 9.88 Å². The van der Waals surface area contributed by atoms with Crippen LogP contribution in [0.3, 0.4) is 0 Å². The lowest BCUT2D eigenvalue weighted by Gasteiger charge is -2.34. The van der Waals surface area contributed by atoms with Crippen LogP contribution in [0.1, 0.15) is 19.8 Å². The lowest BCUT2D eigenvalue weighted by Crippen LogP contribution is -2.41. The highest BCUT2D eigenvalue weighted by atomic mass is 32.1. The van der Waals surface area contributed by atoms with Crippen molar-refractivity contribution in [1.29, 1.82) is 0 Å². The summed E-state index contributed by atoms with van der Waals surface area (Å²) < 4.78 is 6.92. The van der Waals surface area contributed by atoms with Crippen LogP contribution >= 0.6 is 11.3 Å². The molecule has 0 bridgehead atoms. The number of aromatic nitrogens is 1. The van der Waals surface area contributed by atoms with Crippen LogP contribution in [0.2, 0.25) is 0 Å². The van der Waals surface area contributed by atoms with Crippen molar-refractivity contribution in [3.8, 4) is 5.75 Å². The standard InChI is InChI=1S/C17H26N4OS/c1-5-22-15-11-16-14(10-13(15)18-2)19-17(23-16)21-8-6-12(7-9-21)20(3)4/h10-12,18H,5-9H2,1-4H3. The van der Waals surface area contributed by atoms with Gasteiger partial charge in [-0.1, -0.05) is 11.3 Å². The summed E-state index contributed by atoms with van der Waals surface area (Å²) in [6.45, 7) is 4.85. The first kappa shape index (κ1) is 16.3. The third-order valence-electron chi connectivity index (χ3n) is 4.51. The molecule has 0 saturated carbocycles. The molecular weight excluding hydrogens is 308 g/mol. The second kappa shape index (κ2) is 6.93. The van der Waals surface area contributed by atoms with E-state index in [-0.39, 0.29) is 0 Å². The topological polar surface area (TPSA) is 40.6 Å². The normalized spacial score (nSPS) is 16.3. The Labute approximate surface area is 142 Å². The first-order chi connectivity index (χ1) is 11.1. The number of hydrogen-bond acceptors (Lipinski definition) is 6. The average Bonchev–Trinajstić information content (AvgIpc) is 2.97. The predicted molar refractivity (Wildman–Crippen MR) is 99.3 cm³/mol. The van der Waals surface area contributed by atoms with E-state index in [4.69, 9.17) is 9.72 Å². The van der Waals surface area contributed by atoms with E-state index in [0.717, 1.165) is 35.2 Å². The van der Waals surface area contributed by atoms with Crippen molar-refractivity contribution in [2.45, 2.75) is 25.8 Å². The van der Waals surface area contributed by atoms with Crippen molar-refractivity contribution in [2.75, 3.05) is 51.1 Å². The minimum Gasteiger partial charge on any atom is -0.492 e. The van der Waals surface area contributed by atoms with E-state index < -0.39 is 0 Å². The Bertz CT molecular complexity index is 662. The lowest BCUT2D eigenvalue weighted by molar-refractivity contribution is 0.249. The summed E-state index contributed by atoms with van der Waals surface area (Å²) in [5, 5.41) is 4.33. The molecule has 0 aliphatic carbocycles. The molecule has 23 heavy (non-hydrogen) atoms. The first-order valence-corrected chi connectivity index (χ1v) is 9.10. The Morgan fingerprint density at radius 1 is 1.35 bits per heavy atom. The molecule has 3 rings (SSSR count). The zero-order valence-corrected chi connectivity index (χ0v) is 15.2. The summed E-state index contributed by atoms with van der Waals surface area (Å²) in [5.41, 5.74) is 2.05. The van der Waals surface area contributed by atoms with E-state index in [1.54, 1.807) is 11.3 Å². The highest BCUT2D eigenvalue weighted by molar-refractivity contribution is 7.22. The summed E-state index contributed by atoms with van der Waals surface area (Å²) >= 11 is 1.77. The van der Waals surface area contributed by atoms with E-state index in [1.165, 1.54) is 17.5 Å². The molecule has 0 unspecified atom stereocenters. The number of anilines is 2. The molecule has 1 N–H and O–H groups in total. The molecule has 0 atom stereocenters. The summed E-state index contributed by atoms with van der Waals surface area (Å²) in [4.78, 5) is 9.61. The van der Waals surface area contributed by atoms with E-state index in [2.05, 4.69) is 41.3 Å². The van der Waals surface area contributed by atoms with Gasteiger partial charge in [0.25, 0.3) is 0 Å². The van der Waals surface area contributed by atoms with E-state index in [9.17, 15) is 0 Å². The van der Waals surface area contributed by atoms with Gasteiger partial charge in [-0.2, -0.15) is 0 Å². The zero-order chi connectivity index (χ0) is 16.4. The van der Waals surface area contributed by atoms with Gasteiger partial charge in [-0.05, 0) is 39.9 Å². The van der Waals surface area contributed by atoms with Crippen LogP contribution in [0, 0.1) is 0 Å². The molecule has 5 nitrogen and oxygen atoms in total. The Hall–Kier alpha value is -1.53. The number of piperidine rings is 1. The molecule has 6 heteroatoms. The highest BCUT2D eigenvalue weighted by Crippen LogP contribution is 2.37. The molecule has 1 aromatic carbocycles. The van der Waals surface area contributed by atoms with Gasteiger partial charge in [0, 0.05) is 32.2 Å².